The van der Waals surface area contributed by atoms with Crippen LogP contribution in [0, 0.1) is 0 Å². The van der Waals surface area contributed by atoms with Gasteiger partial charge in [0.15, 0.2) is 5.60 Å². The second-order valence-electron chi connectivity index (χ2n) is 7.25. The van der Waals surface area contributed by atoms with Crippen LogP contribution in [0.2, 0.25) is 0 Å². The fourth-order valence-corrected chi connectivity index (χ4v) is 4.08. The van der Waals surface area contributed by atoms with Gasteiger partial charge in [-0.1, -0.05) is 91.0 Å². The van der Waals surface area contributed by atoms with Crippen LogP contribution in [-0.4, -0.2) is 7.11 Å². The van der Waals surface area contributed by atoms with Gasteiger partial charge in [0.1, 0.15) is 11.5 Å². The minimum Gasteiger partial charge on any atom is -0.497 e. The average Bonchev–Trinajstić information content (AvgIpc) is 2.84. The molecule has 1 aliphatic heterocycles. The minimum atomic E-state index is -0.842. The summed E-state index contributed by atoms with van der Waals surface area (Å²) >= 11 is 0. The van der Waals surface area contributed by atoms with E-state index in [4.69, 9.17) is 14.2 Å². The van der Waals surface area contributed by atoms with E-state index in [1.807, 2.05) is 84.9 Å². The van der Waals surface area contributed by atoms with E-state index in [0.717, 1.165) is 33.8 Å². The molecule has 4 aromatic rings. The van der Waals surface area contributed by atoms with Gasteiger partial charge in [0.05, 0.1) is 7.11 Å². The largest absolute Gasteiger partial charge is 0.497 e. The molecule has 1 aliphatic rings. The molecule has 3 nitrogen and oxygen atoms in total. The summed E-state index contributed by atoms with van der Waals surface area (Å²) in [5, 5.41) is 0. The van der Waals surface area contributed by atoms with Crippen molar-refractivity contribution in [3.63, 3.8) is 0 Å². The monoisotopic (exact) mass is 394 g/mol. The van der Waals surface area contributed by atoms with Crippen molar-refractivity contribution in [3.05, 3.63) is 131 Å². The summed E-state index contributed by atoms with van der Waals surface area (Å²) in [6.45, 7) is 0. The maximum Gasteiger partial charge on any atom is 0.228 e. The van der Waals surface area contributed by atoms with E-state index in [1.165, 1.54) is 0 Å². The van der Waals surface area contributed by atoms with Crippen molar-refractivity contribution in [2.45, 2.75) is 11.9 Å². The zero-order valence-electron chi connectivity index (χ0n) is 16.7. The molecule has 0 bridgehead atoms. The molecule has 0 spiro atoms. The van der Waals surface area contributed by atoms with Crippen molar-refractivity contribution in [2.75, 3.05) is 7.11 Å². The van der Waals surface area contributed by atoms with E-state index < -0.39 is 11.9 Å². The first-order valence-electron chi connectivity index (χ1n) is 10.0. The lowest BCUT2D eigenvalue weighted by atomic mass is 9.78. The summed E-state index contributed by atoms with van der Waals surface area (Å²) in [6.07, 6.45) is -0.549. The molecule has 1 heterocycles. The molecule has 5 rings (SSSR count). The zero-order chi connectivity index (χ0) is 20.4. The Morgan fingerprint density at radius 3 is 1.83 bits per heavy atom. The number of hydrogen-bond acceptors (Lipinski definition) is 3. The molecule has 30 heavy (non-hydrogen) atoms. The molecule has 3 heteroatoms. The van der Waals surface area contributed by atoms with Crippen LogP contribution in [0.25, 0.3) is 0 Å². The fraction of sp³-hybridized carbons (Fsp3) is 0.111. The lowest BCUT2D eigenvalue weighted by Gasteiger charge is -2.43. The van der Waals surface area contributed by atoms with E-state index in [9.17, 15) is 0 Å². The van der Waals surface area contributed by atoms with Gasteiger partial charge in [0.25, 0.3) is 0 Å². The molecule has 0 fully saturated rings. The van der Waals surface area contributed by atoms with Crippen LogP contribution in [-0.2, 0) is 10.3 Å². The Morgan fingerprint density at radius 1 is 0.700 bits per heavy atom. The first kappa shape index (κ1) is 18.5. The van der Waals surface area contributed by atoms with Gasteiger partial charge in [-0.3, -0.25) is 0 Å². The maximum absolute atomic E-state index is 6.88. The van der Waals surface area contributed by atoms with Crippen LogP contribution >= 0.6 is 0 Å². The Balaban J connectivity index is 1.81. The Hall–Kier alpha value is -3.56. The number of benzene rings is 4. The highest BCUT2D eigenvalue weighted by atomic mass is 16.7. The van der Waals surface area contributed by atoms with Crippen LogP contribution in [0.4, 0.5) is 0 Å². The van der Waals surface area contributed by atoms with Crippen molar-refractivity contribution in [2.24, 2.45) is 0 Å². The van der Waals surface area contributed by atoms with E-state index in [1.54, 1.807) is 7.11 Å². The number of fused-ring (bicyclic) bond motifs is 1. The zero-order valence-corrected chi connectivity index (χ0v) is 16.7. The average molecular weight is 394 g/mol. The van der Waals surface area contributed by atoms with E-state index >= 15 is 0 Å². The number of rotatable bonds is 4. The second kappa shape index (κ2) is 7.69. The van der Waals surface area contributed by atoms with Crippen LogP contribution in [0.3, 0.4) is 0 Å². The smallest absolute Gasteiger partial charge is 0.228 e. The van der Waals surface area contributed by atoms with Crippen molar-refractivity contribution in [1.29, 1.82) is 0 Å². The number of ether oxygens (including phenoxy) is 3. The van der Waals surface area contributed by atoms with Gasteiger partial charge in [-0.2, -0.15) is 0 Å². The predicted octanol–water partition coefficient (Wildman–Crippen LogP) is 6.09. The molecular weight excluding hydrogens is 372 g/mol. The second-order valence-corrected chi connectivity index (χ2v) is 7.25. The van der Waals surface area contributed by atoms with Gasteiger partial charge >= 0.3 is 0 Å². The van der Waals surface area contributed by atoms with Crippen LogP contribution < -0.4 is 9.47 Å². The highest BCUT2D eigenvalue weighted by Crippen LogP contribution is 2.52. The van der Waals surface area contributed by atoms with Gasteiger partial charge in [0, 0.05) is 11.1 Å². The molecule has 0 saturated heterocycles. The summed E-state index contributed by atoms with van der Waals surface area (Å²) in [5.41, 5.74) is 3.12. The standard InChI is InChI=1S/C27H22O3/c1-28-23-17-18-25-24(19-23)27(21-13-7-3-8-14-21,22-15-9-4-10-16-22)30-26(29-25)20-11-5-2-6-12-20/h2-19,26H,1H3. The highest BCUT2D eigenvalue weighted by molar-refractivity contribution is 5.56. The molecule has 4 aromatic carbocycles. The molecule has 1 atom stereocenters. The minimum absolute atomic E-state index is 0.549. The van der Waals surface area contributed by atoms with Crippen LogP contribution in [0.15, 0.2) is 109 Å². The SMILES string of the molecule is COc1ccc2c(c1)C(c1ccccc1)(c1ccccc1)OC(c1ccccc1)O2. The number of hydrogen-bond donors (Lipinski definition) is 0. The first-order chi connectivity index (χ1) is 14.8. The fourth-order valence-electron chi connectivity index (χ4n) is 4.08. The summed E-state index contributed by atoms with van der Waals surface area (Å²) in [5.74, 6) is 1.54. The van der Waals surface area contributed by atoms with Gasteiger partial charge in [-0.25, -0.2) is 0 Å². The molecule has 0 saturated carbocycles. The van der Waals surface area contributed by atoms with Gasteiger partial charge < -0.3 is 14.2 Å². The number of methoxy groups -OCH3 is 1. The van der Waals surface area contributed by atoms with Crippen LogP contribution in [0.5, 0.6) is 11.5 Å². The quantitative estimate of drug-likeness (QED) is 0.419. The predicted molar refractivity (Wildman–Crippen MR) is 117 cm³/mol. The molecular formula is C27H22O3. The first-order valence-corrected chi connectivity index (χ1v) is 10.0. The van der Waals surface area contributed by atoms with E-state index in [-0.39, 0.29) is 0 Å². The third kappa shape index (κ3) is 3.04. The van der Waals surface area contributed by atoms with Gasteiger partial charge in [-0.05, 0) is 29.3 Å². The third-order valence-corrected chi connectivity index (χ3v) is 5.52. The molecule has 148 valence electrons. The topological polar surface area (TPSA) is 27.7 Å². The molecule has 1 unspecified atom stereocenters. The van der Waals surface area contributed by atoms with Crippen molar-refractivity contribution >= 4 is 0 Å². The van der Waals surface area contributed by atoms with Crippen LogP contribution in [0.1, 0.15) is 28.5 Å². The Morgan fingerprint density at radius 2 is 1.27 bits per heavy atom. The van der Waals surface area contributed by atoms with Crippen molar-refractivity contribution in [1.82, 2.24) is 0 Å². The molecule has 0 aromatic heterocycles. The maximum atomic E-state index is 6.88. The van der Waals surface area contributed by atoms with Crippen molar-refractivity contribution < 1.29 is 14.2 Å². The Bertz CT molecular complexity index is 1090. The summed E-state index contributed by atoms with van der Waals surface area (Å²) in [6, 6.07) is 36.5. The van der Waals surface area contributed by atoms with Gasteiger partial charge in [0.2, 0.25) is 6.29 Å². The van der Waals surface area contributed by atoms with E-state index in [2.05, 4.69) is 24.3 Å². The summed E-state index contributed by atoms with van der Waals surface area (Å²) in [7, 11) is 1.67. The van der Waals surface area contributed by atoms with Gasteiger partial charge in [-0.15, -0.1) is 0 Å². The Labute approximate surface area is 176 Å². The molecule has 0 N–H and O–H groups in total. The highest BCUT2D eigenvalue weighted by Gasteiger charge is 2.46. The Kier molecular flexibility index (Phi) is 4.74. The lowest BCUT2D eigenvalue weighted by molar-refractivity contribution is -0.167. The van der Waals surface area contributed by atoms with Crippen molar-refractivity contribution in [3.8, 4) is 11.5 Å². The summed E-state index contributed by atoms with van der Waals surface area (Å²) in [4.78, 5) is 0. The normalized spacial score (nSPS) is 16.9. The summed E-state index contributed by atoms with van der Waals surface area (Å²) < 4.78 is 18.8. The molecule has 0 amide bonds. The molecule has 0 radical (unpaired) electrons. The third-order valence-electron chi connectivity index (χ3n) is 5.52. The lowest BCUT2D eigenvalue weighted by Crippen LogP contribution is -2.39. The molecule has 0 aliphatic carbocycles. The van der Waals surface area contributed by atoms with E-state index in [0.29, 0.717) is 0 Å².